The first-order valence-electron chi connectivity index (χ1n) is 9.41. The summed E-state index contributed by atoms with van der Waals surface area (Å²) in [5, 5.41) is 3.35. The number of halogens is 2. The zero-order valence-electron chi connectivity index (χ0n) is 15.3. The molecule has 2 aliphatic rings. The molecule has 1 amide bonds. The highest BCUT2D eigenvalue weighted by molar-refractivity contribution is 5.85. The van der Waals surface area contributed by atoms with E-state index >= 15 is 0 Å². The number of hydrogen-bond donors (Lipinski definition) is 2. The lowest BCUT2D eigenvalue weighted by Crippen LogP contribution is -2.47. The summed E-state index contributed by atoms with van der Waals surface area (Å²) in [5.41, 5.74) is 6.10. The van der Waals surface area contributed by atoms with Gasteiger partial charge >= 0.3 is 0 Å². The number of nitrogens with two attached hydrogens (primary N) is 1. The van der Waals surface area contributed by atoms with E-state index in [2.05, 4.69) is 24.1 Å². The standard InChI is InChI=1S/C18H35N3O.2ClH/c1-3-21(4-2)13-15-8-5-6-11-17(15)20-18(22)12-14-9-7-10-16(14)19;;/h14-17H,3-13,19H2,1-2H3,(H,20,22);2*1H/t14-,15?,16+,17?;;/m0../s1. The van der Waals surface area contributed by atoms with Gasteiger partial charge < -0.3 is 16.0 Å². The molecule has 2 aliphatic carbocycles. The molecule has 2 rings (SSSR count). The lowest BCUT2D eigenvalue weighted by molar-refractivity contribution is -0.123. The molecule has 2 unspecified atom stereocenters. The van der Waals surface area contributed by atoms with E-state index in [0.29, 0.717) is 24.3 Å². The summed E-state index contributed by atoms with van der Waals surface area (Å²) in [7, 11) is 0. The predicted molar refractivity (Wildman–Crippen MR) is 106 cm³/mol. The molecule has 4 nitrogen and oxygen atoms in total. The first kappa shape index (κ1) is 24.0. The van der Waals surface area contributed by atoms with E-state index < -0.39 is 0 Å². The van der Waals surface area contributed by atoms with Crippen molar-refractivity contribution in [3.05, 3.63) is 0 Å². The maximum atomic E-state index is 12.4. The van der Waals surface area contributed by atoms with Crippen molar-refractivity contribution in [1.82, 2.24) is 10.2 Å². The summed E-state index contributed by atoms with van der Waals surface area (Å²) in [6.07, 6.45) is 9.00. The first-order chi connectivity index (χ1) is 10.6. The molecule has 4 atom stereocenters. The van der Waals surface area contributed by atoms with Crippen molar-refractivity contribution in [2.24, 2.45) is 17.6 Å². The fourth-order valence-corrected chi connectivity index (χ4v) is 4.25. The highest BCUT2D eigenvalue weighted by Crippen LogP contribution is 2.28. The smallest absolute Gasteiger partial charge is 0.220 e. The average molecular weight is 382 g/mol. The number of rotatable bonds is 7. The topological polar surface area (TPSA) is 58.4 Å². The summed E-state index contributed by atoms with van der Waals surface area (Å²) >= 11 is 0. The van der Waals surface area contributed by atoms with Gasteiger partial charge in [-0.25, -0.2) is 0 Å². The molecule has 0 bridgehead atoms. The Hall–Kier alpha value is -0.0300. The summed E-state index contributed by atoms with van der Waals surface area (Å²) in [6, 6.07) is 0.614. The van der Waals surface area contributed by atoms with E-state index in [0.717, 1.165) is 38.9 Å². The van der Waals surface area contributed by atoms with Crippen LogP contribution < -0.4 is 11.1 Å². The molecule has 6 heteroatoms. The Bertz CT molecular complexity index is 353. The minimum Gasteiger partial charge on any atom is -0.353 e. The molecular formula is C18H37Cl2N3O. The van der Waals surface area contributed by atoms with Crippen LogP contribution >= 0.6 is 24.8 Å². The number of hydrogen-bond acceptors (Lipinski definition) is 3. The third-order valence-electron chi connectivity index (χ3n) is 5.81. The van der Waals surface area contributed by atoms with Gasteiger partial charge in [-0.15, -0.1) is 24.8 Å². The van der Waals surface area contributed by atoms with Gasteiger partial charge in [-0.05, 0) is 50.6 Å². The van der Waals surface area contributed by atoms with Gasteiger partial charge in [0.05, 0.1) is 0 Å². The Labute approximate surface area is 160 Å². The molecule has 0 aromatic rings. The third-order valence-corrected chi connectivity index (χ3v) is 5.81. The Kier molecular flexibility index (Phi) is 12.3. The van der Waals surface area contributed by atoms with Crippen LogP contribution in [0.5, 0.6) is 0 Å². The molecular weight excluding hydrogens is 345 g/mol. The Morgan fingerprint density at radius 3 is 2.21 bits per heavy atom. The number of carbonyl (C=O) groups excluding carboxylic acids is 1. The van der Waals surface area contributed by atoms with Crippen LogP contribution in [-0.2, 0) is 4.79 Å². The second-order valence-corrected chi connectivity index (χ2v) is 7.26. The lowest BCUT2D eigenvalue weighted by Gasteiger charge is -2.35. The first-order valence-corrected chi connectivity index (χ1v) is 9.41. The predicted octanol–water partition coefficient (Wildman–Crippen LogP) is 3.36. The van der Waals surface area contributed by atoms with Crippen molar-refractivity contribution in [1.29, 1.82) is 0 Å². The molecule has 0 aromatic carbocycles. The van der Waals surface area contributed by atoms with Gasteiger partial charge in [0.15, 0.2) is 0 Å². The molecule has 0 heterocycles. The highest BCUT2D eigenvalue weighted by Gasteiger charge is 2.30. The van der Waals surface area contributed by atoms with E-state index in [1.165, 1.54) is 25.7 Å². The zero-order valence-corrected chi connectivity index (χ0v) is 17.0. The fraction of sp³-hybridized carbons (Fsp3) is 0.944. The summed E-state index contributed by atoms with van der Waals surface area (Å²) in [5.74, 6) is 1.26. The average Bonchev–Trinajstić information content (AvgIpc) is 2.91. The molecule has 0 radical (unpaired) electrons. The summed E-state index contributed by atoms with van der Waals surface area (Å²) < 4.78 is 0. The number of amides is 1. The third kappa shape index (κ3) is 7.07. The maximum absolute atomic E-state index is 12.4. The van der Waals surface area contributed by atoms with Crippen molar-refractivity contribution in [3.63, 3.8) is 0 Å². The molecule has 0 spiro atoms. The molecule has 0 saturated heterocycles. The molecule has 144 valence electrons. The number of nitrogens with zero attached hydrogens (tertiary/aromatic N) is 1. The van der Waals surface area contributed by atoms with Crippen molar-refractivity contribution >= 4 is 30.7 Å². The fourth-order valence-electron chi connectivity index (χ4n) is 4.25. The van der Waals surface area contributed by atoms with Crippen LogP contribution in [0.1, 0.15) is 65.2 Å². The second kappa shape index (κ2) is 12.3. The monoisotopic (exact) mass is 381 g/mol. The second-order valence-electron chi connectivity index (χ2n) is 7.26. The van der Waals surface area contributed by atoms with Crippen molar-refractivity contribution in [3.8, 4) is 0 Å². The molecule has 2 saturated carbocycles. The van der Waals surface area contributed by atoms with E-state index in [4.69, 9.17) is 5.73 Å². The largest absolute Gasteiger partial charge is 0.353 e. The molecule has 24 heavy (non-hydrogen) atoms. The molecule has 0 aliphatic heterocycles. The van der Waals surface area contributed by atoms with Crippen LogP contribution in [0.2, 0.25) is 0 Å². The van der Waals surface area contributed by atoms with E-state index in [1.807, 2.05) is 0 Å². The lowest BCUT2D eigenvalue weighted by atomic mass is 9.83. The minimum absolute atomic E-state index is 0. The highest BCUT2D eigenvalue weighted by atomic mass is 35.5. The van der Waals surface area contributed by atoms with Crippen LogP contribution in [-0.4, -0.2) is 42.5 Å². The molecule has 3 N–H and O–H groups in total. The van der Waals surface area contributed by atoms with Gasteiger partial charge in [-0.2, -0.15) is 0 Å². The molecule has 2 fully saturated rings. The van der Waals surface area contributed by atoms with E-state index in [-0.39, 0.29) is 36.8 Å². The van der Waals surface area contributed by atoms with Crippen molar-refractivity contribution in [2.45, 2.75) is 77.3 Å². The minimum atomic E-state index is 0. The quantitative estimate of drug-likeness (QED) is 0.710. The number of carbonyl (C=O) groups is 1. The van der Waals surface area contributed by atoms with Crippen LogP contribution in [0.25, 0.3) is 0 Å². The van der Waals surface area contributed by atoms with Crippen LogP contribution in [0.4, 0.5) is 0 Å². The van der Waals surface area contributed by atoms with Gasteiger partial charge in [0.25, 0.3) is 0 Å². The Balaban J connectivity index is 0.00000264. The van der Waals surface area contributed by atoms with Crippen LogP contribution in [0.3, 0.4) is 0 Å². The van der Waals surface area contributed by atoms with Gasteiger partial charge in [-0.1, -0.05) is 33.1 Å². The van der Waals surface area contributed by atoms with E-state index in [1.54, 1.807) is 0 Å². The summed E-state index contributed by atoms with van der Waals surface area (Å²) in [6.45, 7) is 7.78. The van der Waals surface area contributed by atoms with E-state index in [9.17, 15) is 4.79 Å². The van der Waals surface area contributed by atoms with Crippen LogP contribution in [0, 0.1) is 11.8 Å². The van der Waals surface area contributed by atoms with Crippen LogP contribution in [0.15, 0.2) is 0 Å². The van der Waals surface area contributed by atoms with Gasteiger partial charge in [0, 0.05) is 25.0 Å². The zero-order chi connectivity index (χ0) is 15.9. The Morgan fingerprint density at radius 2 is 1.62 bits per heavy atom. The SMILES string of the molecule is CCN(CC)CC1CCCCC1NC(=O)C[C@@H]1CCC[C@H]1N.Cl.Cl. The van der Waals surface area contributed by atoms with Crippen molar-refractivity contribution < 1.29 is 4.79 Å². The van der Waals surface area contributed by atoms with Crippen molar-refractivity contribution in [2.75, 3.05) is 19.6 Å². The molecule has 0 aromatic heterocycles. The summed E-state index contributed by atoms with van der Waals surface area (Å²) in [4.78, 5) is 14.9. The van der Waals surface area contributed by atoms with Gasteiger partial charge in [0.1, 0.15) is 0 Å². The van der Waals surface area contributed by atoms with Gasteiger partial charge in [-0.3, -0.25) is 4.79 Å². The normalized spacial score (nSPS) is 29.7. The van der Waals surface area contributed by atoms with Gasteiger partial charge in [0.2, 0.25) is 5.91 Å². The maximum Gasteiger partial charge on any atom is 0.220 e. The Morgan fingerprint density at radius 1 is 1.00 bits per heavy atom. The number of nitrogens with one attached hydrogen (secondary N) is 1.